The minimum Gasteiger partial charge on any atom is -0.506 e. The lowest BCUT2D eigenvalue weighted by molar-refractivity contribution is 0.0952. The molecule has 1 saturated heterocycles. The van der Waals surface area contributed by atoms with Crippen molar-refractivity contribution in [3.8, 4) is 5.75 Å². The number of phenolic OH excluding ortho intramolecular Hbond substituents is 1. The summed E-state index contributed by atoms with van der Waals surface area (Å²) in [6, 6.07) is 4.98. The van der Waals surface area contributed by atoms with E-state index in [0.717, 1.165) is 13.0 Å². The molecule has 1 aliphatic heterocycles. The van der Waals surface area contributed by atoms with Gasteiger partial charge in [0.2, 0.25) is 0 Å². The van der Waals surface area contributed by atoms with Crippen molar-refractivity contribution < 1.29 is 9.90 Å². The molecule has 1 heterocycles. The summed E-state index contributed by atoms with van der Waals surface area (Å²) in [6.07, 6.45) is 3.34. The number of phenols is 1. The average Bonchev–Trinajstić information content (AvgIpc) is 2.85. The Kier molecular flexibility index (Phi) is 4.44. The van der Waals surface area contributed by atoms with Crippen molar-refractivity contribution in [1.29, 1.82) is 0 Å². The molecule has 4 nitrogen and oxygen atoms in total. The number of hydrogen-bond acceptors (Lipinski definition) is 3. The van der Waals surface area contributed by atoms with E-state index in [2.05, 4.69) is 10.6 Å². The number of benzene rings is 1. The van der Waals surface area contributed by atoms with E-state index >= 15 is 0 Å². The quantitative estimate of drug-likeness (QED) is 0.782. The predicted octanol–water partition coefficient (Wildman–Crippen LogP) is 1.92. The monoisotopic (exact) mass is 268 g/mol. The molecule has 2 rings (SSSR count). The Labute approximate surface area is 111 Å². The van der Waals surface area contributed by atoms with Gasteiger partial charge in [-0.1, -0.05) is 11.6 Å². The first kappa shape index (κ1) is 13.2. The van der Waals surface area contributed by atoms with Crippen molar-refractivity contribution in [2.75, 3.05) is 13.1 Å². The van der Waals surface area contributed by atoms with Gasteiger partial charge < -0.3 is 15.7 Å². The van der Waals surface area contributed by atoms with Crippen LogP contribution in [0.4, 0.5) is 0 Å². The van der Waals surface area contributed by atoms with E-state index in [0.29, 0.717) is 18.2 Å². The second kappa shape index (κ2) is 6.07. The highest BCUT2D eigenvalue weighted by Crippen LogP contribution is 2.23. The van der Waals surface area contributed by atoms with Gasteiger partial charge in [0.25, 0.3) is 5.91 Å². The van der Waals surface area contributed by atoms with Crippen LogP contribution in [-0.4, -0.2) is 30.1 Å². The first-order chi connectivity index (χ1) is 8.66. The summed E-state index contributed by atoms with van der Waals surface area (Å²) in [6.45, 7) is 1.72. The summed E-state index contributed by atoms with van der Waals surface area (Å²) >= 11 is 5.76. The van der Waals surface area contributed by atoms with Crippen molar-refractivity contribution in [2.24, 2.45) is 0 Å². The minimum absolute atomic E-state index is 0.0108. The van der Waals surface area contributed by atoms with Crippen molar-refractivity contribution in [3.63, 3.8) is 0 Å². The zero-order chi connectivity index (χ0) is 13.0. The van der Waals surface area contributed by atoms with Crippen LogP contribution >= 0.6 is 11.6 Å². The van der Waals surface area contributed by atoms with Gasteiger partial charge in [-0.05, 0) is 44.0 Å². The summed E-state index contributed by atoms with van der Waals surface area (Å²) in [5.74, 6) is -0.168. The van der Waals surface area contributed by atoms with Crippen molar-refractivity contribution in [1.82, 2.24) is 10.6 Å². The third kappa shape index (κ3) is 3.37. The smallest absolute Gasteiger partial charge is 0.251 e. The summed E-state index contributed by atoms with van der Waals surface area (Å²) in [5, 5.41) is 15.7. The first-order valence-electron chi connectivity index (χ1n) is 6.17. The number of carbonyl (C=O) groups excluding carboxylic acids is 1. The molecule has 1 aromatic carbocycles. The van der Waals surface area contributed by atoms with Gasteiger partial charge in [-0.3, -0.25) is 4.79 Å². The maximum Gasteiger partial charge on any atom is 0.251 e. The van der Waals surface area contributed by atoms with Gasteiger partial charge in [-0.25, -0.2) is 0 Å². The lowest BCUT2D eigenvalue weighted by Crippen LogP contribution is -2.30. The molecule has 0 aromatic heterocycles. The molecule has 1 atom stereocenters. The maximum absolute atomic E-state index is 11.8. The zero-order valence-electron chi connectivity index (χ0n) is 10.1. The Morgan fingerprint density at radius 3 is 3.06 bits per heavy atom. The van der Waals surface area contributed by atoms with E-state index in [9.17, 15) is 9.90 Å². The van der Waals surface area contributed by atoms with Crippen LogP contribution in [0.25, 0.3) is 0 Å². The molecule has 1 aromatic rings. The molecule has 0 bridgehead atoms. The number of carbonyl (C=O) groups is 1. The van der Waals surface area contributed by atoms with Crippen LogP contribution < -0.4 is 10.6 Å². The van der Waals surface area contributed by atoms with E-state index in [4.69, 9.17) is 11.6 Å². The van der Waals surface area contributed by atoms with E-state index < -0.39 is 0 Å². The SMILES string of the molecule is O=C(NCCC1CCCN1)c1ccc(O)c(Cl)c1. The molecule has 1 unspecified atom stereocenters. The van der Waals surface area contributed by atoms with Crippen LogP contribution in [0.3, 0.4) is 0 Å². The van der Waals surface area contributed by atoms with Gasteiger partial charge in [-0.15, -0.1) is 0 Å². The highest BCUT2D eigenvalue weighted by atomic mass is 35.5. The van der Waals surface area contributed by atoms with Crippen LogP contribution in [0.2, 0.25) is 5.02 Å². The highest BCUT2D eigenvalue weighted by Gasteiger charge is 2.14. The Bertz CT molecular complexity index is 431. The molecule has 0 spiro atoms. The largest absolute Gasteiger partial charge is 0.506 e. The van der Waals surface area contributed by atoms with Gasteiger partial charge in [0, 0.05) is 18.2 Å². The van der Waals surface area contributed by atoms with Gasteiger partial charge in [0.1, 0.15) is 5.75 Å². The minimum atomic E-state index is -0.158. The fraction of sp³-hybridized carbons (Fsp3) is 0.462. The number of nitrogens with one attached hydrogen (secondary N) is 2. The van der Waals surface area contributed by atoms with Crippen LogP contribution in [0.1, 0.15) is 29.6 Å². The van der Waals surface area contributed by atoms with Crippen molar-refractivity contribution in [2.45, 2.75) is 25.3 Å². The normalized spacial score (nSPS) is 18.8. The molecule has 1 fully saturated rings. The molecule has 5 heteroatoms. The van der Waals surface area contributed by atoms with E-state index in [-0.39, 0.29) is 16.7 Å². The van der Waals surface area contributed by atoms with Crippen molar-refractivity contribution >= 4 is 17.5 Å². The highest BCUT2D eigenvalue weighted by molar-refractivity contribution is 6.32. The molecular formula is C13H17ClN2O2. The van der Waals surface area contributed by atoms with Crippen LogP contribution in [0, 0.1) is 0 Å². The van der Waals surface area contributed by atoms with Gasteiger partial charge >= 0.3 is 0 Å². The average molecular weight is 269 g/mol. The van der Waals surface area contributed by atoms with E-state index in [1.165, 1.54) is 25.0 Å². The van der Waals surface area contributed by atoms with Crippen LogP contribution in [0.5, 0.6) is 5.75 Å². The molecule has 1 aliphatic rings. The Morgan fingerprint density at radius 2 is 2.39 bits per heavy atom. The summed E-state index contributed by atoms with van der Waals surface area (Å²) in [5.41, 5.74) is 0.470. The number of rotatable bonds is 4. The lowest BCUT2D eigenvalue weighted by Gasteiger charge is -2.11. The number of halogens is 1. The van der Waals surface area contributed by atoms with Gasteiger partial charge in [0.05, 0.1) is 5.02 Å². The summed E-state index contributed by atoms with van der Waals surface area (Å²) < 4.78 is 0. The number of amides is 1. The van der Waals surface area contributed by atoms with E-state index in [1.54, 1.807) is 6.07 Å². The standard InChI is InChI=1S/C13H17ClN2O2/c14-11-8-9(3-4-12(11)17)13(18)16-7-5-10-2-1-6-15-10/h3-4,8,10,15,17H,1-2,5-7H2,(H,16,18). The Balaban J connectivity index is 1.81. The Hall–Kier alpha value is -1.26. The predicted molar refractivity (Wildman–Crippen MR) is 71.1 cm³/mol. The topological polar surface area (TPSA) is 61.4 Å². The van der Waals surface area contributed by atoms with Crippen LogP contribution in [-0.2, 0) is 0 Å². The second-order valence-electron chi connectivity index (χ2n) is 4.50. The van der Waals surface area contributed by atoms with Gasteiger partial charge in [-0.2, -0.15) is 0 Å². The number of aromatic hydroxyl groups is 1. The third-order valence-electron chi connectivity index (χ3n) is 3.15. The fourth-order valence-corrected chi connectivity index (χ4v) is 2.29. The molecular weight excluding hydrogens is 252 g/mol. The molecule has 3 N–H and O–H groups in total. The lowest BCUT2D eigenvalue weighted by atomic mass is 10.1. The summed E-state index contributed by atoms with van der Waals surface area (Å²) in [7, 11) is 0. The molecule has 98 valence electrons. The van der Waals surface area contributed by atoms with Crippen molar-refractivity contribution in [3.05, 3.63) is 28.8 Å². The molecule has 0 saturated carbocycles. The van der Waals surface area contributed by atoms with Crippen LogP contribution in [0.15, 0.2) is 18.2 Å². The summed E-state index contributed by atoms with van der Waals surface area (Å²) in [4.78, 5) is 11.8. The molecule has 0 aliphatic carbocycles. The molecule has 0 radical (unpaired) electrons. The molecule has 18 heavy (non-hydrogen) atoms. The third-order valence-corrected chi connectivity index (χ3v) is 3.45. The molecule has 1 amide bonds. The van der Waals surface area contributed by atoms with E-state index in [1.807, 2.05) is 0 Å². The second-order valence-corrected chi connectivity index (χ2v) is 4.91. The maximum atomic E-state index is 11.8. The zero-order valence-corrected chi connectivity index (χ0v) is 10.8. The first-order valence-corrected chi connectivity index (χ1v) is 6.54. The van der Waals surface area contributed by atoms with Gasteiger partial charge in [0.15, 0.2) is 0 Å². The fourth-order valence-electron chi connectivity index (χ4n) is 2.11. The number of hydrogen-bond donors (Lipinski definition) is 3. The Morgan fingerprint density at radius 1 is 1.56 bits per heavy atom.